The number of carbonyl (C=O) groups is 1. The zero-order chi connectivity index (χ0) is 29.9. The molecule has 5 rings (SSSR count). The summed E-state index contributed by atoms with van der Waals surface area (Å²) in [5.41, 5.74) is 14.2. The summed E-state index contributed by atoms with van der Waals surface area (Å²) in [5.74, 6) is 2.46. The lowest BCUT2D eigenvalue weighted by atomic mass is 10.0. The first-order chi connectivity index (χ1) is 20.3. The molecule has 218 valence electrons. The molecule has 42 heavy (non-hydrogen) atoms. The first kappa shape index (κ1) is 30.0. The lowest BCUT2D eigenvalue weighted by Crippen LogP contribution is -2.41. The highest BCUT2D eigenvalue weighted by molar-refractivity contribution is 6.16. The van der Waals surface area contributed by atoms with E-state index in [9.17, 15) is 4.79 Å². The predicted molar refractivity (Wildman–Crippen MR) is 165 cm³/mol. The van der Waals surface area contributed by atoms with Crippen molar-refractivity contribution in [1.82, 2.24) is 14.9 Å². The highest BCUT2D eigenvalue weighted by atomic mass is 16.5. The molecule has 2 atom stereocenters. The number of likely N-dealkylation sites (tertiary alicyclic amines) is 1. The van der Waals surface area contributed by atoms with Gasteiger partial charge in [-0.3, -0.25) is 10.2 Å². The number of para-hydroxylation sites is 1. The van der Waals surface area contributed by atoms with Gasteiger partial charge in [0.05, 0.1) is 11.3 Å². The quantitative estimate of drug-likeness (QED) is 0.145. The molecule has 10 heteroatoms. The number of rotatable bonds is 9. The van der Waals surface area contributed by atoms with Crippen LogP contribution in [-0.2, 0) is 11.2 Å². The monoisotopic (exact) mass is 567 g/mol. The molecule has 0 spiro atoms. The van der Waals surface area contributed by atoms with Crippen LogP contribution in [0.3, 0.4) is 0 Å². The minimum atomic E-state index is 0.0430. The summed E-state index contributed by atoms with van der Waals surface area (Å²) in [6.07, 6.45) is 4.93. The first-order valence-electron chi connectivity index (χ1n) is 13.8. The molecule has 1 saturated heterocycles. The molecule has 0 saturated carbocycles. The number of nitrogens with zero attached hydrogens (tertiary/aromatic N) is 3. The van der Waals surface area contributed by atoms with Gasteiger partial charge in [0.25, 0.3) is 0 Å². The number of nitrogens with one attached hydrogen (secondary N) is 2. The van der Waals surface area contributed by atoms with E-state index in [4.69, 9.17) is 26.7 Å². The Morgan fingerprint density at radius 1 is 1.10 bits per heavy atom. The van der Waals surface area contributed by atoms with Gasteiger partial charge in [0, 0.05) is 30.7 Å². The average molecular weight is 568 g/mol. The van der Waals surface area contributed by atoms with Gasteiger partial charge >= 0.3 is 0 Å². The van der Waals surface area contributed by atoms with Crippen LogP contribution in [0.25, 0.3) is 0 Å². The van der Waals surface area contributed by atoms with E-state index in [1.807, 2.05) is 73.7 Å². The molecule has 1 fully saturated rings. The SMILES string of the molecule is CC(N)Cc1ccc(O)cc1.N=C(c1ccc(Oc2ccccc2)cc1)c1c(N)ncnc1NC1CCCN(C=O)C1. The number of piperidine rings is 1. The van der Waals surface area contributed by atoms with Crippen molar-refractivity contribution in [2.75, 3.05) is 24.1 Å². The number of anilines is 2. The molecule has 1 aliphatic rings. The highest BCUT2D eigenvalue weighted by Crippen LogP contribution is 2.26. The number of hydrogen-bond donors (Lipinski definition) is 5. The molecule has 1 amide bonds. The van der Waals surface area contributed by atoms with Crippen LogP contribution in [0.15, 0.2) is 85.2 Å². The van der Waals surface area contributed by atoms with E-state index >= 15 is 0 Å². The number of hydrogen-bond acceptors (Lipinski definition) is 9. The fraction of sp³-hybridized carbons (Fsp3) is 0.250. The molecule has 1 aliphatic heterocycles. The van der Waals surface area contributed by atoms with Gasteiger partial charge in [-0.15, -0.1) is 0 Å². The fourth-order valence-electron chi connectivity index (χ4n) is 4.63. The highest BCUT2D eigenvalue weighted by Gasteiger charge is 2.22. The van der Waals surface area contributed by atoms with E-state index in [1.165, 1.54) is 6.33 Å². The van der Waals surface area contributed by atoms with Crippen LogP contribution in [0.2, 0.25) is 0 Å². The number of amides is 1. The van der Waals surface area contributed by atoms with Crippen LogP contribution in [0, 0.1) is 5.41 Å². The smallest absolute Gasteiger partial charge is 0.209 e. The number of phenols is 1. The van der Waals surface area contributed by atoms with Gasteiger partial charge in [-0.2, -0.15) is 0 Å². The molecule has 3 aromatic carbocycles. The Kier molecular flexibility index (Phi) is 10.4. The Hall–Kier alpha value is -4.96. The molecule has 2 heterocycles. The van der Waals surface area contributed by atoms with Gasteiger partial charge < -0.3 is 31.5 Å². The third-order valence-corrected chi connectivity index (χ3v) is 6.69. The van der Waals surface area contributed by atoms with E-state index in [2.05, 4.69) is 15.3 Å². The number of nitrogens with two attached hydrogens (primary N) is 2. The van der Waals surface area contributed by atoms with Gasteiger partial charge in [-0.25, -0.2) is 9.97 Å². The number of carbonyl (C=O) groups excluding carboxylic acids is 1. The molecule has 0 aliphatic carbocycles. The number of nitrogen functional groups attached to an aromatic ring is 1. The van der Waals surface area contributed by atoms with Crippen LogP contribution in [0.5, 0.6) is 17.2 Å². The van der Waals surface area contributed by atoms with E-state index in [0.29, 0.717) is 35.0 Å². The largest absolute Gasteiger partial charge is 0.508 e. The topological polar surface area (TPSA) is 163 Å². The maximum Gasteiger partial charge on any atom is 0.209 e. The maximum atomic E-state index is 11.1. The van der Waals surface area contributed by atoms with Gasteiger partial charge in [-0.05, 0) is 80.3 Å². The molecular weight excluding hydrogens is 530 g/mol. The molecule has 2 unspecified atom stereocenters. The third-order valence-electron chi connectivity index (χ3n) is 6.69. The second-order valence-electron chi connectivity index (χ2n) is 10.2. The molecule has 7 N–H and O–H groups in total. The summed E-state index contributed by atoms with van der Waals surface area (Å²) in [4.78, 5) is 21.3. The number of phenolic OH excluding ortho intramolecular Hbond substituents is 1. The summed E-state index contributed by atoms with van der Waals surface area (Å²) >= 11 is 0. The van der Waals surface area contributed by atoms with Crippen molar-refractivity contribution in [3.05, 3.63) is 102 Å². The molecular formula is C32H37N7O3. The summed E-state index contributed by atoms with van der Waals surface area (Å²) in [6.45, 7) is 3.31. The second kappa shape index (κ2) is 14.6. The van der Waals surface area contributed by atoms with Crippen molar-refractivity contribution in [2.45, 2.75) is 38.3 Å². The van der Waals surface area contributed by atoms with Gasteiger partial charge in [-0.1, -0.05) is 30.3 Å². The van der Waals surface area contributed by atoms with Crippen molar-refractivity contribution in [3.63, 3.8) is 0 Å². The second-order valence-corrected chi connectivity index (χ2v) is 10.2. The lowest BCUT2D eigenvalue weighted by molar-refractivity contribution is -0.119. The maximum absolute atomic E-state index is 11.1. The zero-order valence-electron chi connectivity index (χ0n) is 23.6. The minimum Gasteiger partial charge on any atom is -0.508 e. The summed E-state index contributed by atoms with van der Waals surface area (Å²) in [5, 5.41) is 21.0. The van der Waals surface area contributed by atoms with E-state index in [1.54, 1.807) is 17.0 Å². The molecule has 1 aromatic heterocycles. The van der Waals surface area contributed by atoms with Gasteiger partial charge in [0.15, 0.2) is 0 Å². The standard InChI is InChI=1S/C23H24N6O2.C9H13NO/c24-21(16-8-10-19(11-9-16)31-18-6-2-1-3-7-18)20-22(25)26-14-27-23(20)28-17-5-4-12-29(13-17)15-30;1-7(10)6-8-2-4-9(11)5-3-8/h1-3,6-11,14-15,17,24H,4-5,12-13H2,(H3,25,26,27,28);2-5,7,11H,6,10H2,1H3. The Morgan fingerprint density at radius 3 is 2.45 bits per heavy atom. The summed E-state index contributed by atoms with van der Waals surface area (Å²) in [7, 11) is 0. The van der Waals surface area contributed by atoms with E-state index in [0.717, 1.165) is 43.5 Å². The summed E-state index contributed by atoms with van der Waals surface area (Å²) < 4.78 is 5.82. The fourth-order valence-corrected chi connectivity index (χ4v) is 4.63. The molecule has 0 bridgehead atoms. The number of ether oxygens (including phenoxy) is 1. The molecule has 4 aromatic rings. The normalized spacial score (nSPS) is 15.1. The van der Waals surface area contributed by atoms with Gasteiger partial charge in [0.2, 0.25) is 6.41 Å². The van der Waals surface area contributed by atoms with Crippen LogP contribution < -0.4 is 21.5 Å². The Balaban J connectivity index is 0.000000310. The van der Waals surface area contributed by atoms with E-state index in [-0.39, 0.29) is 23.6 Å². The number of aromatic hydroxyl groups is 1. The van der Waals surface area contributed by atoms with Crippen molar-refractivity contribution in [2.24, 2.45) is 5.73 Å². The van der Waals surface area contributed by atoms with Crippen molar-refractivity contribution >= 4 is 23.8 Å². The van der Waals surface area contributed by atoms with Crippen LogP contribution in [-0.4, -0.2) is 57.3 Å². The first-order valence-corrected chi connectivity index (χ1v) is 13.8. The van der Waals surface area contributed by atoms with E-state index < -0.39 is 0 Å². The van der Waals surface area contributed by atoms with Crippen molar-refractivity contribution < 1.29 is 14.6 Å². The summed E-state index contributed by atoms with van der Waals surface area (Å²) in [6, 6.07) is 24.1. The number of aromatic nitrogens is 2. The Labute approximate surface area is 245 Å². The van der Waals surface area contributed by atoms with Crippen LogP contribution in [0.1, 0.15) is 36.5 Å². The number of benzene rings is 3. The van der Waals surface area contributed by atoms with Crippen molar-refractivity contribution in [3.8, 4) is 17.2 Å². The lowest BCUT2D eigenvalue weighted by Gasteiger charge is -2.31. The van der Waals surface area contributed by atoms with Gasteiger partial charge in [0.1, 0.15) is 35.2 Å². The molecule has 0 radical (unpaired) electrons. The zero-order valence-corrected chi connectivity index (χ0v) is 23.6. The average Bonchev–Trinajstić information content (AvgIpc) is 2.99. The minimum absolute atomic E-state index is 0.0430. The predicted octanol–water partition coefficient (Wildman–Crippen LogP) is 4.58. The van der Waals surface area contributed by atoms with Crippen molar-refractivity contribution in [1.29, 1.82) is 5.41 Å². The van der Waals surface area contributed by atoms with Crippen LogP contribution in [0.4, 0.5) is 11.6 Å². The Morgan fingerprint density at radius 2 is 1.79 bits per heavy atom. The Bertz CT molecular complexity index is 1450. The third kappa shape index (κ3) is 8.52. The molecule has 10 nitrogen and oxygen atoms in total. The van der Waals surface area contributed by atoms with Crippen LogP contribution >= 0.6 is 0 Å².